The van der Waals surface area contributed by atoms with Gasteiger partial charge in [-0.3, -0.25) is 10.1 Å². The molecule has 3 N–H and O–H groups in total. The summed E-state index contributed by atoms with van der Waals surface area (Å²) >= 11 is 1.34. The third-order valence-corrected chi connectivity index (χ3v) is 3.25. The Morgan fingerprint density at radius 1 is 1.37 bits per heavy atom. The number of methoxy groups -OCH3 is 1. The van der Waals surface area contributed by atoms with Crippen LogP contribution in [-0.2, 0) is 11.2 Å². The molecular weight excluding hydrogens is 264 g/mol. The van der Waals surface area contributed by atoms with E-state index in [-0.39, 0.29) is 12.5 Å². The molecule has 0 spiro atoms. The number of benzene rings is 1. The van der Waals surface area contributed by atoms with Gasteiger partial charge in [-0.25, -0.2) is 0 Å². The highest BCUT2D eigenvalue weighted by molar-refractivity contribution is 7.15. The van der Waals surface area contributed by atoms with E-state index in [1.165, 1.54) is 11.3 Å². The molecule has 0 saturated heterocycles. The molecule has 1 heterocycles. The number of carbonyl (C=O) groups excluding carboxylic acids is 1. The maximum atomic E-state index is 11.1. The SMILES string of the molecule is COc1ccc(Cc2nnc(NC(=O)CN)s2)cc1. The predicted octanol–water partition coefficient (Wildman–Crippen LogP) is 1.03. The molecule has 0 aliphatic carbocycles. The van der Waals surface area contributed by atoms with Crippen molar-refractivity contribution in [2.24, 2.45) is 5.73 Å². The molecule has 2 aromatic rings. The Morgan fingerprint density at radius 3 is 2.74 bits per heavy atom. The van der Waals surface area contributed by atoms with Crippen molar-refractivity contribution < 1.29 is 9.53 Å². The van der Waals surface area contributed by atoms with E-state index >= 15 is 0 Å². The van der Waals surface area contributed by atoms with Gasteiger partial charge >= 0.3 is 0 Å². The average Bonchev–Trinajstić information content (AvgIpc) is 2.86. The first-order valence-electron chi connectivity index (χ1n) is 5.66. The van der Waals surface area contributed by atoms with Crippen molar-refractivity contribution >= 4 is 22.4 Å². The van der Waals surface area contributed by atoms with Gasteiger partial charge in [0.1, 0.15) is 10.8 Å². The van der Waals surface area contributed by atoms with Gasteiger partial charge in [0.2, 0.25) is 11.0 Å². The highest BCUT2D eigenvalue weighted by atomic mass is 32.1. The molecule has 1 aromatic heterocycles. The number of carbonyl (C=O) groups is 1. The summed E-state index contributed by atoms with van der Waals surface area (Å²) in [5, 5.41) is 11.8. The summed E-state index contributed by atoms with van der Waals surface area (Å²) in [6.45, 7) is -0.0621. The Bertz CT molecular complexity index is 553. The third-order valence-electron chi connectivity index (χ3n) is 2.41. The topological polar surface area (TPSA) is 90.1 Å². The van der Waals surface area contributed by atoms with E-state index in [1.807, 2.05) is 24.3 Å². The molecule has 0 aliphatic heterocycles. The number of hydrogen-bond acceptors (Lipinski definition) is 6. The molecule has 2 rings (SSSR count). The summed E-state index contributed by atoms with van der Waals surface area (Å²) in [7, 11) is 1.63. The Hall–Kier alpha value is -1.99. The first-order chi connectivity index (χ1) is 9.21. The van der Waals surface area contributed by atoms with Gasteiger partial charge in [0.25, 0.3) is 0 Å². The summed E-state index contributed by atoms with van der Waals surface area (Å²) in [5.74, 6) is 0.545. The Balaban J connectivity index is 2.00. The standard InChI is InChI=1S/C12H14N4O2S/c1-18-9-4-2-8(3-5-9)6-11-15-16-12(19-11)14-10(17)7-13/h2-5H,6-7,13H2,1H3,(H,14,16,17). The summed E-state index contributed by atoms with van der Waals surface area (Å²) in [5.41, 5.74) is 6.32. The molecule has 1 amide bonds. The molecule has 19 heavy (non-hydrogen) atoms. The van der Waals surface area contributed by atoms with Crippen molar-refractivity contribution in [3.05, 3.63) is 34.8 Å². The monoisotopic (exact) mass is 278 g/mol. The van der Waals surface area contributed by atoms with Gasteiger partial charge in [-0.2, -0.15) is 0 Å². The van der Waals surface area contributed by atoms with Crippen LogP contribution in [0, 0.1) is 0 Å². The molecule has 0 saturated carbocycles. The Labute approximate surface area is 114 Å². The number of aromatic nitrogens is 2. The first kappa shape index (κ1) is 13.4. The van der Waals surface area contributed by atoms with E-state index < -0.39 is 0 Å². The van der Waals surface area contributed by atoms with E-state index in [4.69, 9.17) is 10.5 Å². The molecule has 6 nitrogen and oxygen atoms in total. The highest BCUT2D eigenvalue weighted by Gasteiger charge is 2.07. The summed E-state index contributed by atoms with van der Waals surface area (Å²) in [6, 6.07) is 7.73. The van der Waals surface area contributed by atoms with Crippen molar-refractivity contribution in [2.45, 2.75) is 6.42 Å². The van der Waals surface area contributed by atoms with Crippen LogP contribution in [0.1, 0.15) is 10.6 Å². The van der Waals surface area contributed by atoms with Crippen LogP contribution >= 0.6 is 11.3 Å². The summed E-state index contributed by atoms with van der Waals surface area (Å²) in [4.78, 5) is 11.1. The Kier molecular flexibility index (Phi) is 4.43. The predicted molar refractivity (Wildman–Crippen MR) is 73.4 cm³/mol. The maximum absolute atomic E-state index is 11.1. The number of nitrogens with one attached hydrogen (secondary N) is 1. The number of nitrogens with two attached hydrogens (primary N) is 1. The highest BCUT2D eigenvalue weighted by Crippen LogP contribution is 2.19. The molecule has 0 unspecified atom stereocenters. The lowest BCUT2D eigenvalue weighted by molar-refractivity contribution is -0.114. The van der Waals surface area contributed by atoms with Crippen LogP contribution in [-0.4, -0.2) is 29.8 Å². The zero-order chi connectivity index (χ0) is 13.7. The van der Waals surface area contributed by atoms with Crippen LogP contribution in [0.2, 0.25) is 0 Å². The van der Waals surface area contributed by atoms with E-state index in [0.717, 1.165) is 16.3 Å². The number of hydrogen-bond donors (Lipinski definition) is 2. The number of amides is 1. The minimum absolute atomic E-state index is 0.0621. The zero-order valence-corrected chi connectivity index (χ0v) is 11.2. The lowest BCUT2D eigenvalue weighted by atomic mass is 10.1. The second-order valence-electron chi connectivity index (χ2n) is 3.78. The molecule has 100 valence electrons. The molecule has 7 heteroatoms. The third kappa shape index (κ3) is 3.73. The normalized spacial score (nSPS) is 10.2. The van der Waals surface area contributed by atoms with Crippen LogP contribution in [0.3, 0.4) is 0 Å². The zero-order valence-electron chi connectivity index (χ0n) is 10.4. The van der Waals surface area contributed by atoms with Gasteiger partial charge < -0.3 is 10.5 Å². The largest absolute Gasteiger partial charge is 0.497 e. The lowest BCUT2D eigenvalue weighted by Crippen LogP contribution is -2.21. The van der Waals surface area contributed by atoms with Gasteiger partial charge in [-0.1, -0.05) is 23.5 Å². The van der Waals surface area contributed by atoms with Gasteiger partial charge in [0.15, 0.2) is 0 Å². The number of ether oxygens (including phenoxy) is 1. The van der Waals surface area contributed by atoms with Crippen LogP contribution in [0.25, 0.3) is 0 Å². The second-order valence-corrected chi connectivity index (χ2v) is 4.84. The molecular formula is C12H14N4O2S. The smallest absolute Gasteiger partial charge is 0.239 e. The second kappa shape index (κ2) is 6.26. The molecule has 0 atom stereocenters. The van der Waals surface area contributed by atoms with Crippen molar-refractivity contribution in [1.29, 1.82) is 0 Å². The van der Waals surface area contributed by atoms with Gasteiger partial charge in [-0.15, -0.1) is 10.2 Å². The minimum Gasteiger partial charge on any atom is -0.497 e. The molecule has 0 aliphatic rings. The van der Waals surface area contributed by atoms with Crippen LogP contribution < -0.4 is 15.8 Å². The van der Waals surface area contributed by atoms with Gasteiger partial charge in [-0.05, 0) is 17.7 Å². The van der Waals surface area contributed by atoms with Crippen LogP contribution in [0.4, 0.5) is 5.13 Å². The lowest BCUT2D eigenvalue weighted by Gasteiger charge is -2.00. The maximum Gasteiger partial charge on any atom is 0.239 e. The molecule has 1 aromatic carbocycles. The van der Waals surface area contributed by atoms with Crippen molar-refractivity contribution in [2.75, 3.05) is 19.0 Å². The van der Waals surface area contributed by atoms with Crippen molar-refractivity contribution in [3.63, 3.8) is 0 Å². The van der Waals surface area contributed by atoms with Gasteiger partial charge in [0, 0.05) is 6.42 Å². The molecule has 0 radical (unpaired) electrons. The van der Waals surface area contributed by atoms with E-state index in [0.29, 0.717) is 11.6 Å². The Morgan fingerprint density at radius 2 is 2.11 bits per heavy atom. The first-order valence-corrected chi connectivity index (χ1v) is 6.48. The molecule has 0 fully saturated rings. The summed E-state index contributed by atoms with van der Waals surface area (Å²) in [6.07, 6.45) is 0.667. The van der Waals surface area contributed by atoms with E-state index in [1.54, 1.807) is 7.11 Å². The fourth-order valence-corrected chi connectivity index (χ4v) is 2.25. The van der Waals surface area contributed by atoms with Crippen LogP contribution in [0.5, 0.6) is 5.75 Å². The quantitative estimate of drug-likeness (QED) is 0.852. The number of anilines is 1. The fraction of sp³-hybridized carbons (Fsp3) is 0.250. The van der Waals surface area contributed by atoms with Gasteiger partial charge in [0.05, 0.1) is 13.7 Å². The molecule has 0 bridgehead atoms. The van der Waals surface area contributed by atoms with Crippen molar-refractivity contribution in [1.82, 2.24) is 10.2 Å². The van der Waals surface area contributed by atoms with E-state index in [9.17, 15) is 4.79 Å². The average molecular weight is 278 g/mol. The fourth-order valence-electron chi connectivity index (χ4n) is 1.46. The minimum atomic E-state index is -0.271. The van der Waals surface area contributed by atoms with Crippen molar-refractivity contribution in [3.8, 4) is 5.75 Å². The van der Waals surface area contributed by atoms with Crippen LogP contribution in [0.15, 0.2) is 24.3 Å². The summed E-state index contributed by atoms with van der Waals surface area (Å²) < 4.78 is 5.09. The van der Waals surface area contributed by atoms with E-state index in [2.05, 4.69) is 15.5 Å². The number of nitrogens with zero attached hydrogens (tertiary/aromatic N) is 2. The number of rotatable bonds is 5.